The van der Waals surface area contributed by atoms with Gasteiger partial charge in [0.2, 0.25) is 23.6 Å². The van der Waals surface area contributed by atoms with Gasteiger partial charge in [-0.2, -0.15) is 0 Å². The van der Waals surface area contributed by atoms with Crippen LogP contribution in [-0.4, -0.2) is 91.5 Å². The van der Waals surface area contributed by atoms with E-state index < -0.39 is 47.5 Å². The van der Waals surface area contributed by atoms with Crippen molar-refractivity contribution in [2.24, 2.45) is 11.8 Å². The maximum Gasteiger partial charge on any atom is 0.243 e. The second-order valence-corrected chi connectivity index (χ2v) is 15.4. The standard InChI is InChI=1S/C41H62N6O6/c1-27(2)22-33(37(49)41(7)26-53-41)45-40(52)35(24-31-16-12-9-13-17-31)47-39(51)34(23-28(3)4)46-38(50)32(19-18-30-14-10-8-11-15-30)44-36(48)25-42-20-21-43-29(5)6/h8-17,27-29,32-35,42-43H,18-26H2,1-7H3,(H,44,48)(H,45,52)(H,46,50)(H,47,51)/t32-,33-,34-,35-,41+/m0/s1. The normalized spacial score (nSPS) is 17.5. The van der Waals surface area contributed by atoms with Crippen molar-refractivity contribution in [2.45, 2.75) is 116 Å². The van der Waals surface area contributed by atoms with Gasteiger partial charge in [-0.1, -0.05) is 102 Å². The van der Waals surface area contributed by atoms with Crippen LogP contribution in [0.3, 0.4) is 0 Å². The average molecular weight is 735 g/mol. The Morgan fingerprint density at radius 2 is 1.17 bits per heavy atom. The lowest BCUT2D eigenvalue weighted by Crippen LogP contribution is -2.59. The summed E-state index contributed by atoms with van der Waals surface area (Å²) in [5.41, 5.74) is 0.907. The molecular weight excluding hydrogens is 672 g/mol. The van der Waals surface area contributed by atoms with Crippen molar-refractivity contribution in [1.82, 2.24) is 31.9 Å². The molecule has 1 saturated heterocycles. The minimum atomic E-state index is -1.03. The maximum absolute atomic E-state index is 14.1. The third kappa shape index (κ3) is 15.8. The first-order valence-corrected chi connectivity index (χ1v) is 19.1. The number of carbonyl (C=O) groups excluding carboxylic acids is 5. The van der Waals surface area contributed by atoms with Gasteiger partial charge in [-0.15, -0.1) is 0 Å². The molecule has 0 radical (unpaired) electrons. The topological polar surface area (TPSA) is 170 Å². The molecule has 0 saturated carbocycles. The fourth-order valence-electron chi connectivity index (χ4n) is 6.02. The number of Topliss-reactive ketones (excluding diaryl/α,β-unsaturated/α-hetero) is 1. The van der Waals surface area contributed by atoms with E-state index in [-0.39, 0.29) is 36.5 Å². The number of amides is 4. The Morgan fingerprint density at radius 1 is 0.660 bits per heavy atom. The molecule has 1 aliphatic rings. The van der Waals surface area contributed by atoms with Crippen molar-refractivity contribution < 1.29 is 28.7 Å². The van der Waals surface area contributed by atoms with E-state index in [1.54, 1.807) is 6.92 Å². The van der Waals surface area contributed by atoms with Crippen LogP contribution in [0.5, 0.6) is 0 Å². The van der Waals surface area contributed by atoms with Gasteiger partial charge in [-0.05, 0) is 55.6 Å². The van der Waals surface area contributed by atoms with Crippen molar-refractivity contribution in [3.63, 3.8) is 0 Å². The molecule has 2 aromatic rings. The zero-order chi connectivity index (χ0) is 39.0. The van der Waals surface area contributed by atoms with E-state index in [4.69, 9.17) is 4.74 Å². The number of epoxide rings is 1. The van der Waals surface area contributed by atoms with Crippen LogP contribution >= 0.6 is 0 Å². The maximum atomic E-state index is 14.1. The van der Waals surface area contributed by atoms with Gasteiger partial charge in [0, 0.05) is 25.6 Å². The van der Waals surface area contributed by atoms with Crippen molar-refractivity contribution in [3.05, 3.63) is 71.8 Å². The lowest BCUT2D eigenvalue weighted by Gasteiger charge is -2.28. The van der Waals surface area contributed by atoms with E-state index in [0.717, 1.165) is 11.1 Å². The Labute approximate surface area is 315 Å². The van der Waals surface area contributed by atoms with Gasteiger partial charge in [0.05, 0.1) is 19.2 Å². The van der Waals surface area contributed by atoms with E-state index in [2.05, 4.69) is 31.9 Å². The molecule has 0 aliphatic carbocycles. The van der Waals surface area contributed by atoms with Crippen LogP contribution in [0.4, 0.5) is 0 Å². The third-order valence-electron chi connectivity index (χ3n) is 9.05. The largest absolute Gasteiger partial charge is 0.361 e. The number of hydrogen-bond donors (Lipinski definition) is 6. The predicted octanol–water partition coefficient (Wildman–Crippen LogP) is 2.84. The molecule has 53 heavy (non-hydrogen) atoms. The summed E-state index contributed by atoms with van der Waals surface area (Å²) < 4.78 is 5.41. The van der Waals surface area contributed by atoms with Gasteiger partial charge in [0.25, 0.3) is 0 Å². The summed E-state index contributed by atoms with van der Waals surface area (Å²) in [4.78, 5) is 68.3. The smallest absolute Gasteiger partial charge is 0.243 e. The first-order valence-electron chi connectivity index (χ1n) is 19.1. The number of carbonyl (C=O) groups is 5. The summed E-state index contributed by atoms with van der Waals surface area (Å²) in [5, 5.41) is 18.0. The number of ether oxygens (including phenoxy) is 1. The molecule has 3 rings (SSSR count). The first-order chi connectivity index (χ1) is 25.2. The Morgan fingerprint density at radius 3 is 1.74 bits per heavy atom. The average Bonchev–Trinajstić information content (AvgIpc) is 3.87. The van der Waals surface area contributed by atoms with Crippen molar-refractivity contribution >= 4 is 29.4 Å². The van der Waals surface area contributed by atoms with Crippen LogP contribution in [0.25, 0.3) is 0 Å². The van der Waals surface area contributed by atoms with Crippen LogP contribution in [0.1, 0.15) is 78.9 Å². The summed E-state index contributed by atoms with van der Waals surface area (Å²) in [6.45, 7) is 15.3. The van der Waals surface area contributed by atoms with E-state index in [0.29, 0.717) is 51.4 Å². The Balaban J connectivity index is 1.78. The quantitative estimate of drug-likeness (QED) is 0.0707. The first kappa shape index (κ1) is 43.3. The van der Waals surface area contributed by atoms with Crippen LogP contribution in [-0.2, 0) is 41.6 Å². The van der Waals surface area contributed by atoms with Crippen LogP contribution in [0.15, 0.2) is 60.7 Å². The second-order valence-electron chi connectivity index (χ2n) is 15.4. The summed E-state index contributed by atoms with van der Waals surface area (Å²) in [7, 11) is 0. The molecule has 292 valence electrons. The molecule has 6 N–H and O–H groups in total. The second kappa shape index (κ2) is 21.5. The molecule has 1 aliphatic heterocycles. The van der Waals surface area contributed by atoms with Gasteiger partial charge < -0.3 is 36.6 Å². The Bertz CT molecular complexity index is 1460. The van der Waals surface area contributed by atoms with Crippen molar-refractivity contribution in [3.8, 4) is 0 Å². The number of aryl methyl sites for hydroxylation is 1. The van der Waals surface area contributed by atoms with Crippen molar-refractivity contribution in [1.29, 1.82) is 0 Å². The Kier molecular flexibility index (Phi) is 17.6. The molecule has 1 fully saturated rings. The number of ketones is 1. The van der Waals surface area contributed by atoms with Crippen LogP contribution in [0, 0.1) is 11.8 Å². The molecule has 1 heterocycles. The summed E-state index contributed by atoms with van der Waals surface area (Å²) in [6.07, 6.45) is 1.74. The zero-order valence-electron chi connectivity index (χ0n) is 32.6. The molecule has 5 atom stereocenters. The van der Waals surface area contributed by atoms with E-state index >= 15 is 0 Å². The molecule has 12 heteroatoms. The highest BCUT2D eigenvalue weighted by Crippen LogP contribution is 2.29. The highest BCUT2D eigenvalue weighted by Gasteiger charge is 2.50. The lowest BCUT2D eigenvalue weighted by atomic mass is 9.93. The van der Waals surface area contributed by atoms with Gasteiger partial charge >= 0.3 is 0 Å². The summed E-state index contributed by atoms with van der Waals surface area (Å²) >= 11 is 0. The fourth-order valence-corrected chi connectivity index (χ4v) is 6.02. The number of rotatable bonds is 24. The SMILES string of the molecule is CC(C)C[C@H](NC(=O)[C@H](CCc1ccccc1)NC(=O)CNCCNC(C)C)C(=O)N[C@@H](Cc1ccccc1)C(=O)N[C@@H](CC(C)C)C(=O)[C@@]1(C)CO1. The predicted molar refractivity (Wildman–Crippen MR) is 207 cm³/mol. The minimum absolute atomic E-state index is 0.0146. The highest BCUT2D eigenvalue weighted by molar-refractivity contribution is 5.98. The highest BCUT2D eigenvalue weighted by atomic mass is 16.6. The van der Waals surface area contributed by atoms with E-state index in [1.807, 2.05) is 102 Å². The van der Waals surface area contributed by atoms with Gasteiger partial charge in [-0.3, -0.25) is 24.0 Å². The van der Waals surface area contributed by atoms with Crippen LogP contribution < -0.4 is 31.9 Å². The number of hydrogen-bond acceptors (Lipinski definition) is 8. The van der Waals surface area contributed by atoms with E-state index in [1.165, 1.54) is 0 Å². The van der Waals surface area contributed by atoms with Crippen molar-refractivity contribution in [2.75, 3.05) is 26.2 Å². The third-order valence-corrected chi connectivity index (χ3v) is 9.05. The molecular formula is C41H62N6O6. The minimum Gasteiger partial charge on any atom is -0.361 e. The molecule has 12 nitrogen and oxygen atoms in total. The molecule has 4 amide bonds. The monoisotopic (exact) mass is 734 g/mol. The van der Waals surface area contributed by atoms with E-state index in [9.17, 15) is 24.0 Å². The number of nitrogens with one attached hydrogen (secondary N) is 6. The molecule has 0 spiro atoms. The zero-order valence-corrected chi connectivity index (χ0v) is 32.6. The Hall–Kier alpha value is -4.13. The molecule has 0 aromatic heterocycles. The summed E-state index contributed by atoms with van der Waals surface area (Å²) in [5.74, 6) is -1.90. The molecule has 0 unspecified atom stereocenters. The lowest BCUT2D eigenvalue weighted by molar-refractivity contribution is -0.135. The molecule has 0 bridgehead atoms. The van der Waals surface area contributed by atoms with Gasteiger partial charge in [-0.25, -0.2) is 0 Å². The fraction of sp³-hybridized carbons (Fsp3) is 0.585. The van der Waals surface area contributed by atoms with Crippen LogP contribution in [0.2, 0.25) is 0 Å². The van der Waals surface area contributed by atoms with Gasteiger partial charge in [0.15, 0.2) is 5.78 Å². The van der Waals surface area contributed by atoms with Gasteiger partial charge in [0.1, 0.15) is 23.7 Å². The number of benzene rings is 2. The summed E-state index contributed by atoms with van der Waals surface area (Å²) in [6, 6.07) is 15.6. The molecule has 2 aromatic carbocycles.